The topological polar surface area (TPSA) is 62.7 Å². The predicted octanol–water partition coefficient (Wildman–Crippen LogP) is 3.56. The first-order chi connectivity index (χ1) is 8.63. The molecule has 0 aliphatic rings. The summed E-state index contributed by atoms with van der Waals surface area (Å²) in [5, 5.41) is 9.26. The van der Waals surface area contributed by atoms with Crippen molar-refractivity contribution in [1.29, 1.82) is 5.26 Å². The maximum Gasteiger partial charge on any atom is 0.102 e. The van der Waals surface area contributed by atoms with Crippen molar-refractivity contribution >= 4 is 38.5 Å². The second-order valence-corrected chi connectivity index (χ2v) is 6.08. The van der Waals surface area contributed by atoms with E-state index in [9.17, 15) is 5.26 Å². The van der Waals surface area contributed by atoms with Crippen molar-refractivity contribution in [1.82, 2.24) is 4.98 Å². The number of thiophene rings is 1. The monoisotopic (exact) mass is 319 g/mol. The molecule has 0 radical (unpaired) electrons. The van der Waals surface area contributed by atoms with Gasteiger partial charge in [0.1, 0.15) is 6.07 Å². The summed E-state index contributed by atoms with van der Waals surface area (Å²) in [5.74, 6) is 0. The van der Waals surface area contributed by atoms with Crippen LogP contribution in [0.1, 0.15) is 16.0 Å². The summed E-state index contributed by atoms with van der Waals surface area (Å²) in [7, 11) is 0. The standard InChI is InChI=1S/C13H10BrN3S/c1-8-5-11(18-13(8)14)12(16)10(6-15)9-3-2-4-17-7-9/h2-5,7H,16H2,1H3/b12-10+. The van der Waals surface area contributed by atoms with Crippen molar-refractivity contribution in [2.45, 2.75) is 6.92 Å². The van der Waals surface area contributed by atoms with Gasteiger partial charge in [-0.25, -0.2) is 0 Å². The summed E-state index contributed by atoms with van der Waals surface area (Å²) in [4.78, 5) is 4.89. The predicted molar refractivity (Wildman–Crippen MR) is 77.6 cm³/mol. The van der Waals surface area contributed by atoms with Crippen LogP contribution in [0, 0.1) is 18.3 Å². The smallest absolute Gasteiger partial charge is 0.102 e. The maximum absolute atomic E-state index is 9.26. The summed E-state index contributed by atoms with van der Waals surface area (Å²) in [5.41, 5.74) is 8.88. The van der Waals surface area contributed by atoms with E-state index >= 15 is 0 Å². The average molecular weight is 320 g/mol. The molecule has 2 aromatic rings. The van der Waals surface area contributed by atoms with Crippen molar-refractivity contribution < 1.29 is 0 Å². The van der Waals surface area contributed by atoms with Crippen LogP contribution < -0.4 is 5.73 Å². The van der Waals surface area contributed by atoms with Crippen LogP contribution in [-0.4, -0.2) is 4.98 Å². The number of aromatic nitrogens is 1. The number of pyridine rings is 1. The molecule has 0 bridgehead atoms. The second-order valence-electron chi connectivity index (χ2n) is 3.71. The minimum Gasteiger partial charge on any atom is -0.396 e. The fourth-order valence-corrected chi connectivity index (χ4v) is 3.01. The van der Waals surface area contributed by atoms with Crippen LogP contribution >= 0.6 is 27.3 Å². The number of nitrogens with two attached hydrogens (primary N) is 1. The number of nitriles is 1. The van der Waals surface area contributed by atoms with E-state index in [1.807, 2.05) is 19.1 Å². The summed E-state index contributed by atoms with van der Waals surface area (Å²) >= 11 is 4.98. The van der Waals surface area contributed by atoms with E-state index < -0.39 is 0 Å². The molecule has 0 aliphatic carbocycles. The number of hydrogen-bond acceptors (Lipinski definition) is 4. The highest BCUT2D eigenvalue weighted by Crippen LogP contribution is 2.32. The van der Waals surface area contributed by atoms with Gasteiger partial charge in [-0.3, -0.25) is 4.98 Å². The molecular formula is C13H10BrN3S. The highest BCUT2D eigenvalue weighted by atomic mass is 79.9. The Morgan fingerprint density at radius 3 is 2.83 bits per heavy atom. The van der Waals surface area contributed by atoms with E-state index in [1.54, 1.807) is 18.5 Å². The molecule has 0 aliphatic heterocycles. The lowest BCUT2D eigenvalue weighted by Gasteiger charge is -2.03. The van der Waals surface area contributed by atoms with Gasteiger partial charge in [-0.15, -0.1) is 11.3 Å². The van der Waals surface area contributed by atoms with Crippen LogP contribution in [0.4, 0.5) is 0 Å². The van der Waals surface area contributed by atoms with Crippen LogP contribution in [0.5, 0.6) is 0 Å². The Kier molecular flexibility index (Phi) is 3.80. The van der Waals surface area contributed by atoms with E-state index in [0.717, 1.165) is 19.8 Å². The van der Waals surface area contributed by atoms with E-state index in [2.05, 4.69) is 27.0 Å². The van der Waals surface area contributed by atoms with Crippen molar-refractivity contribution in [2.75, 3.05) is 0 Å². The molecule has 2 rings (SSSR count). The van der Waals surface area contributed by atoms with Gasteiger partial charge in [-0.1, -0.05) is 6.07 Å². The van der Waals surface area contributed by atoms with Crippen molar-refractivity contribution in [3.8, 4) is 6.07 Å². The lowest BCUT2D eigenvalue weighted by molar-refractivity contribution is 1.31. The lowest BCUT2D eigenvalue weighted by Crippen LogP contribution is -1.98. The van der Waals surface area contributed by atoms with E-state index in [0.29, 0.717) is 11.3 Å². The molecule has 0 unspecified atom stereocenters. The lowest BCUT2D eigenvalue weighted by atomic mass is 10.1. The summed E-state index contributed by atoms with van der Waals surface area (Å²) in [6.07, 6.45) is 3.31. The number of hydrogen-bond donors (Lipinski definition) is 1. The maximum atomic E-state index is 9.26. The summed E-state index contributed by atoms with van der Waals surface area (Å²) in [6.45, 7) is 1.99. The molecule has 18 heavy (non-hydrogen) atoms. The van der Waals surface area contributed by atoms with Crippen LogP contribution in [0.25, 0.3) is 11.3 Å². The number of aryl methyl sites for hydroxylation is 1. The first-order valence-electron chi connectivity index (χ1n) is 5.20. The van der Waals surface area contributed by atoms with Crippen molar-refractivity contribution in [2.24, 2.45) is 5.73 Å². The van der Waals surface area contributed by atoms with Gasteiger partial charge in [0.25, 0.3) is 0 Å². The van der Waals surface area contributed by atoms with Gasteiger partial charge in [-0.05, 0) is 40.5 Å². The molecule has 2 aromatic heterocycles. The zero-order valence-corrected chi connectivity index (χ0v) is 12.0. The molecule has 90 valence electrons. The molecule has 0 saturated carbocycles. The Hall–Kier alpha value is -1.64. The van der Waals surface area contributed by atoms with Crippen LogP contribution in [-0.2, 0) is 0 Å². The molecule has 0 aromatic carbocycles. The van der Waals surface area contributed by atoms with Crippen LogP contribution in [0.2, 0.25) is 0 Å². The molecule has 0 atom stereocenters. The van der Waals surface area contributed by atoms with Gasteiger partial charge in [0, 0.05) is 18.0 Å². The third-order valence-electron chi connectivity index (χ3n) is 2.45. The molecule has 5 heteroatoms. The van der Waals surface area contributed by atoms with E-state index in [4.69, 9.17) is 5.73 Å². The van der Waals surface area contributed by atoms with Gasteiger partial charge in [0.2, 0.25) is 0 Å². The van der Waals surface area contributed by atoms with Gasteiger partial charge in [0.05, 0.1) is 19.9 Å². The number of allylic oxidation sites excluding steroid dienone is 1. The number of halogens is 1. The quantitative estimate of drug-likeness (QED) is 0.861. The highest BCUT2D eigenvalue weighted by Gasteiger charge is 2.12. The Labute approximate surface area is 118 Å². The largest absolute Gasteiger partial charge is 0.396 e. The fraction of sp³-hybridized carbons (Fsp3) is 0.0769. The molecule has 2 heterocycles. The molecule has 0 spiro atoms. The molecule has 2 N–H and O–H groups in total. The fourth-order valence-electron chi connectivity index (χ4n) is 1.51. The van der Waals surface area contributed by atoms with Gasteiger partial charge in [-0.2, -0.15) is 5.26 Å². The summed E-state index contributed by atoms with van der Waals surface area (Å²) in [6, 6.07) is 7.74. The third-order valence-corrected chi connectivity index (χ3v) is 4.62. The Balaban J connectivity index is 2.55. The average Bonchev–Trinajstić information content (AvgIpc) is 2.72. The molecule has 0 amide bonds. The Morgan fingerprint density at radius 1 is 1.56 bits per heavy atom. The third kappa shape index (κ3) is 2.45. The Morgan fingerprint density at radius 2 is 2.33 bits per heavy atom. The summed E-state index contributed by atoms with van der Waals surface area (Å²) < 4.78 is 1.03. The molecule has 0 saturated heterocycles. The molecule has 3 nitrogen and oxygen atoms in total. The highest BCUT2D eigenvalue weighted by molar-refractivity contribution is 9.11. The van der Waals surface area contributed by atoms with Crippen molar-refractivity contribution in [3.05, 3.63) is 50.4 Å². The Bertz CT molecular complexity index is 619. The zero-order chi connectivity index (χ0) is 13.1. The van der Waals surface area contributed by atoms with Crippen LogP contribution in [0.15, 0.2) is 34.4 Å². The molecular weight excluding hydrogens is 310 g/mol. The van der Waals surface area contributed by atoms with Crippen LogP contribution in [0.3, 0.4) is 0 Å². The number of rotatable bonds is 2. The molecule has 0 fully saturated rings. The van der Waals surface area contributed by atoms with Gasteiger partial charge in [0.15, 0.2) is 0 Å². The van der Waals surface area contributed by atoms with E-state index in [-0.39, 0.29) is 0 Å². The van der Waals surface area contributed by atoms with Gasteiger partial charge >= 0.3 is 0 Å². The minimum absolute atomic E-state index is 0.455. The van der Waals surface area contributed by atoms with Crippen molar-refractivity contribution in [3.63, 3.8) is 0 Å². The minimum atomic E-state index is 0.455. The van der Waals surface area contributed by atoms with Gasteiger partial charge < -0.3 is 5.73 Å². The number of nitrogens with zero attached hydrogens (tertiary/aromatic N) is 2. The first-order valence-corrected chi connectivity index (χ1v) is 6.81. The van der Waals surface area contributed by atoms with E-state index in [1.165, 1.54) is 11.3 Å². The zero-order valence-electron chi connectivity index (χ0n) is 9.64. The second kappa shape index (κ2) is 5.34. The normalized spacial score (nSPS) is 11.8. The SMILES string of the molecule is Cc1cc(/C(N)=C(/C#N)c2cccnc2)sc1Br. The first kappa shape index (κ1) is 12.8.